The van der Waals surface area contributed by atoms with Crippen molar-refractivity contribution in [1.82, 2.24) is 25.3 Å². The maximum Gasteiger partial charge on any atom is 0.274 e. The van der Waals surface area contributed by atoms with E-state index in [2.05, 4.69) is 33.9 Å². The summed E-state index contributed by atoms with van der Waals surface area (Å²) in [4.78, 5) is 43.5. The lowest BCUT2D eigenvalue weighted by Gasteiger charge is -2.34. The predicted molar refractivity (Wildman–Crippen MR) is 213 cm³/mol. The monoisotopic (exact) mass is 747 g/mol. The molecule has 0 radical (unpaired) electrons. The van der Waals surface area contributed by atoms with Crippen LogP contribution in [0.1, 0.15) is 116 Å². The predicted octanol–water partition coefficient (Wildman–Crippen LogP) is 7.59. The van der Waals surface area contributed by atoms with E-state index in [4.69, 9.17) is 9.47 Å². The minimum Gasteiger partial charge on any atom is -0.376 e. The standard InChI is InChI=1S/C45H57N5O5/c1-49(28-35-21-14-20-34-19-8-9-22-36(34)35)45(53)39-27-40(44(52)47-38-24-11-13-26-42(38)55-31-33-17-6-3-7-18-33)50(48-39)29-43(51)46-37-23-10-12-25-41(37)54-30-32-15-4-2-5-16-32/h2,4-5,8-9,14-16,19-22,27,33,37-38,41-42H,3,6-7,10-13,17-18,23-26,28-31H2,1H3,(H,46,51)(H,47,52)/t37-,38-,41-,42-/m0/s1. The van der Waals surface area contributed by atoms with Gasteiger partial charge in [-0.25, -0.2) is 4.68 Å². The Balaban J connectivity index is 1.07. The summed E-state index contributed by atoms with van der Waals surface area (Å²) in [6.07, 6.45) is 13.6. The zero-order valence-corrected chi connectivity index (χ0v) is 32.3. The van der Waals surface area contributed by atoms with Crippen LogP contribution in [-0.2, 0) is 34.0 Å². The number of nitrogens with one attached hydrogen (secondary N) is 2. The number of benzene rings is 3. The van der Waals surface area contributed by atoms with Crippen LogP contribution in [0.4, 0.5) is 0 Å². The molecule has 3 aliphatic carbocycles. The first-order valence-corrected chi connectivity index (χ1v) is 20.6. The number of nitrogens with zero attached hydrogens (tertiary/aromatic N) is 3. The van der Waals surface area contributed by atoms with E-state index in [0.29, 0.717) is 19.1 Å². The van der Waals surface area contributed by atoms with Crippen LogP contribution in [-0.4, -0.2) is 70.3 Å². The van der Waals surface area contributed by atoms with E-state index in [-0.39, 0.29) is 59.9 Å². The van der Waals surface area contributed by atoms with Crippen molar-refractivity contribution in [2.45, 2.75) is 127 Å². The van der Waals surface area contributed by atoms with Gasteiger partial charge in [0.1, 0.15) is 12.2 Å². The Morgan fingerprint density at radius 2 is 1.40 bits per heavy atom. The van der Waals surface area contributed by atoms with Gasteiger partial charge in [0.15, 0.2) is 5.69 Å². The van der Waals surface area contributed by atoms with Gasteiger partial charge in [0.25, 0.3) is 11.8 Å². The quantitative estimate of drug-likeness (QED) is 0.137. The van der Waals surface area contributed by atoms with Crippen LogP contribution in [0.5, 0.6) is 0 Å². The van der Waals surface area contributed by atoms with E-state index >= 15 is 0 Å². The van der Waals surface area contributed by atoms with Crippen molar-refractivity contribution in [3.05, 3.63) is 101 Å². The Morgan fingerprint density at radius 1 is 0.745 bits per heavy atom. The molecular weight excluding hydrogens is 691 g/mol. The number of hydrogen-bond acceptors (Lipinski definition) is 6. The van der Waals surface area contributed by atoms with Gasteiger partial charge < -0.3 is 25.0 Å². The molecule has 292 valence electrons. The second-order valence-electron chi connectivity index (χ2n) is 15.9. The molecule has 0 aliphatic heterocycles. The van der Waals surface area contributed by atoms with Crippen molar-refractivity contribution in [2.75, 3.05) is 13.7 Å². The third-order valence-corrected chi connectivity index (χ3v) is 11.8. The molecule has 3 saturated carbocycles. The summed E-state index contributed by atoms with van der Waals surface area (Å²) in [5.41, 5.74) is 2.41. The van der Waals surface area contributed by atoms with E-state index < -0.39 is 0 Å². The van der Waals surface area contributed by atoms with E-state index in [0.717, 1.165) is 79.9 Å². The topological polar surface area (TPSA) is 115 Å². The molecule has 10 heteroatoms. The number of hydrogen-bond donors (Lipinski definition) is 2. The van der Waals surface area contributed by atoms with Crippen molar-refractivity contribution in [1.29, 1.82) is 0 Å². The Hall–Kier alpha value is -4.54. The number of carbonyl (C=O) groups excluding carboxylic acids is 3. The number of carbonyl (C=O) groups is 3. The first kappa shape index (κ1) is 38.7. The molecule has 1 heterocycles. The fourth-order valence-corrected chi connectivity index (χ4v) is 8.72. The second kappa shape index (κ2) is 18.9. The molecule has 3 aromatic carbocycles. The fraction of sp³-hybridized carbons (Fsp3) is 0.511. The maximum atomic E-state index is 14.2. The lowest BCUT2D eigenvalue weighted by Crippen LogP contribution is -2.48. The Morgan fingerprint density at radius 3 is 2.18 bits per heavy atom. The number of fused-ring (bicyclic) bond motifs is 1. The summed E-state index contributed by atoms with van der Waals surface area (Å²) < 4.78 is 14.2. The van der Waals surface area contributed by atoms with E-state index in [1.807, 2.05) is 54.6 Å². The van der Waals surface area contributed by atoms with Crippen LogP contribution in [0.3, 0.4) is 0 Å². The van der Waals surface area contributed by atoms with E-state index in [1.165, 1.54) is 42.9 Å². The van der Waals surface area contributed by atoms with Crippen molar-refractivity contribution in [3.63, 3.8) is 0 Å². The second-order valence-corrected chi connectivity index (χ2v) is 15.9. The molecule has 0 saturated heterocycles. The molecule has 4 aromatic rings. The molecule has 55 heavy (non-hydrogen) atoms. The largest absolute Gasteiger partial charge is 0.376 e. The molecule has 1 aromatic heterocycles. The van der Waals surface area contributed by atoms with Gasteiger partial charge in [-0.05, 0) is 66.3 Å². The third kappa shape index (κ3) is 10.2. The number of amides is 3. The van der Waals surface area contributed by atoms with Crippen LogP contribution < -0.4 is 10.6 Å². The summed E-state index contributed by atoms with van der Waals surface area (Å²) in [5, 5.41) is 13.3. The van der Waals surface area contributed by atoms with Crippen LogP contribution in [0, 0.1) is 5.92 Å². The van der Waals surface area contributed by atoms with Crippen molar-refractivity contribution >= 4 is 28.5 Å². The summed E-state index contributed by atoms with van der Waals surface area (Å²) in [6.45, 7) is 1.38. The molecule has 0 bridgehead atoms. The average molecular weight is 748 g/mol. The van der Waals surface area contributed by atoms with Crippen LogP contribution in [0.2, 0.25) is 0 Å². The average Bonchev–Trinajstić information content (AvgIpc) is 3.64. The SMILES string of the molecule is CN(Cc1cccc2ccccc12)C(=O)c1cc(C(=O)N[C@H]2CCCC[C@@H]2OCC2CCCCC2)n(CC(=O)N[C@H]2CCCC[C@@H]2OCc2ccccc2)n1. The highest BCUT2D eigenvalue weighted by Gasteiger charge is 2.32. The highest BCUT2D eigenvalue weighted by molar-refractivity contribution is 5.98. The number of ether oxygens (including phenoxy) is 2. The molecule has 0 unspecified atom stereocenters. The van der Waals surface area contributed by atoms with Crippen molar-refractivity contribution in [2.24, 2.45) is 5.92 Å². The summed E-state index contributed by atoms with van der Waals surface area (Å²) in [5.74, 6) is -0.365. The summed E-state index contributed by atoms with van der Waals surface area (Å²) in [6, 6.07) is 25.5. The minimum atomic E-state index is -0.351. The summed E-state index contributed by atoms with van der Waals surface area (Å²) >= 11 is 0. The first-order valence-electron chi connectivity index (χ1n) is 20.6. The van der Waals surface area contributed by atoms with Gasteiger partial charge in [0.05, 0.1) is 30.9 Å². The van der Waals surface area contributed by atoms with Crippen LogP contribution in [0.15, 0.2) is 78.9 Å². The smallest absolute Gasteiger partial charge is 0.274 e. The summed E-state index contributed by atoms with van der Waals surface area (Å²) in [7, 11) is 1.74. The lowest BCUT2D eigenvalue weighted by molar-refractivity contribution is -0.124. The zero-order valence-electron chi connectivity index (χ0n) is 32.3. The minimum absolute atomic E-state index is 0.0636. The van der Waals surface area contributed by atoms with Gasteiger partial charge in [-0.3, -0.25) is 14.4 Å². The highest BCUT2D eigenvalue weighted by atomic mass is 16.5. The molecule has 2 N–H and O–H groups in total. The molecule has 10 nitrogen and oxygen atoms in total. The maximum absolute atomic E-state index is 14.2. The first-order chi connectivity index (χ1) is 26.9. The van der Waals surface area contributed by atoms with Crippen LogP contribution in [0.25, 0.3) is 10.8 Å². The van der Waals surface area contributed by atoms with Gasteiger partial charge in [-0.2, -0.15) is 5.10 Å². The molecule has 3 amide bonds. The van der Waals surface area contributed by atoms with Gasteiger partial charge in [-0.1, -0.05) is 118 Å². The van der Waals surface area contributed by atoms with Gasteiger partial charge >= 0.3 is 0 Å². The number of rotatable bonds is 14. The van der Waals surface area contributed by atoms with E-state index in [1.54, 1.807) is 11.9 Å². The van der Waals surface area contributed by atoms with E-state index in [9.17, 15) is 14.4 Å². The Bertz CT molecular complexity index is 1880. The van der Waals surface area contributed by atoms with Gasteiger partial charge in [0.2, 0.25) is 5.91 Å². The Labute approximate surface area is 325 Å². The van der Waals surface area contributed by atoms with Crippen molar-refractivity contribution in [3.8, 4) is 0 Å². The molecule has 0 spiro atoms. The number of aromatic nitrogens is 2. The molecular formula is C45H57N5O5. The third-order valence-electron chi connectivity index (χ3n) is 11.8. The molecule has 3 aliphatic rings. The Kier molecular flexibility index (Phi) is 13.3. The molecule has 4 atom stereocenters. The fourth-order valence-electron chi connectivity index (χ4n) is 8.72. The lowest BCUT2D eigenvalue weighted by atomic mass is 9.89. The molecule has 7 rings (SSSR count). The zero-order chi connectivity index (χ0) is 38.0. The van der Waals surface area contributed by atoms with Gasteiger partial charge in [0, 0.05) is 26.3 Å². The highest BCUT2D eigenvalue weighted by Crippen LogP contribution is 2.28. The molecule has 3 fully saturated rings. The van der Waals surface area contributed by atoms with Crippen LogP contribution >= 0.6 is 0 Å². The normalized spacial score (nSPS) is 21.9. The van der Waals surface area contributed by atoms with Crippen molar-refractivity contribution < 1.29 is 23.9 Å². The van der Waals surface area contributed by atoms with Gasteiger partial charge in [-0.15, -0.1) is 0 Å².